The minimum Gasteiger partial charge on any atom is -0.497 e. The predicted octanol–water partition coefficient (Wildman–Crippen LogP) is 3.88. The lowest BCUT2D eigenvalue weighted by Gasteiger charge is -2.27. The summed E-state index contributed by atoms with van der Waals surface area (Å²) in [5.41, 5.74) is 0.686. The Kier molecular flexibility index (Phi) is 9.10. The Balaban J connectivity index is 1.90. The van der Waals surface area contributed by atoms with Crippen LogP contribution in [0.1, 0.15) is 0 Å². The summed E-state index contributed by atoms with van der Waals surface area (Å²) in [7, 11) is 3.13. The molecule has 0 saturated carbocycles. The molecule has 7 nitrogen and oxygen atoms in total. The van der Waals surface area contributed by atoms with Gasteiger partial charge in [0, 0.05) is 5.69 Å². The molecule has 0 bridgehead atoms. The van der Waals surface area contributed by atoms with Crippen molar-refractivity contribution in [3.63, 3.8) is 0 Å². The molecule has 3 N–H and O–H groups in total. The first kappa shape index (κ1) is 24.1. The number of amides is 1. The van der Waals surface area contributed by atoms with Gasteiger partial charge in [0.2, 0.25) is 3.79 Å². The van der Waals surface area contributed by atoms with Gasteiger partial charge in [0.05, 0.1) is 14.2 Å². The molecule has 30 heavy (non-hydrogen) atoms. The summed E-state index contributed by atoms with van der Waals surface area (Å²) in [6.45, 7) is -0.288. The molecule has 0 fully saturated rings. The molecule has 2 aromatic carbocycles. The summed E-state index contributed by atoms with van der Waals surface area (Å²) in [6, 6.07) is 13.8. The third-order valence-electron chi connectivity index (χ3n) is 3.69. The zero-order valence-corrected chi connectivity index (χ0v) is 19.2. The summed E-state index contributed by atoms with van der Waals surface area (Å²) in [5.74, 6) is 1.34. The van der Waals surface area contributed by atoms with E-state index < -0.39 is 15.9 Å². The second-order valence-corrected chi connectivity index (χ2v) is 8.61. The van der Waals surface area contributed by atoms with Crippen LogP contribution >= 0.6 is 47.0 Å². The highest BCUT2D eigenvalue weighted by molar-refractivity contribution is 7.80. The minimum atomic E-state index is -1.87. The predicted molar refractivity (Wildman–Crippen MR) is 123 cm³/mol. The number of ether oxygens (including phenoxy) is 3. The van der Waals surface area contributed by atoms with Crippen LogP contribution < -0.4 is 30.2 Å². The van der Waals surface area contributed by atoms with E-state index in [-0.39, 0.29) is 11.7 Å². The van der Waals surface area contributed by atoms with Crippen molar-refractivity contribution in [2.45, 2.75) is 9.96 Å². The molecule has 0 aromatic heterocycles. The van der Waals surface area contributed by atoms with E-state index >= 15 is 0 Å². The number of carbonyl (C=O) groups excluding carboxylic acids is 1. The first-order chi connectivity index (χ1) is 14.2. The maximum absolute atomic E-state index is 12.3. The Morgan fingerprint density at radius 1 is 0.933 bits per heavy atom. The number of carbonyl (C=O) groups is 1. The third-order valence-corrected chi connectivity index (χ3v) is 4.56. The Bertz CT molecular complexity index is 846. The number of alkyl halides is 3. The van der Waals surface area contributed by atoms with Gasteiger partial charge in [-0.05, 0) is 60.7 Å². The molecule has 0 spiro atoms. The van der Waals surface area contributed by atoms with Crippen molar-refractivity contribution in [3.05, 3.63) is 48.5 Å². The van der Waals surface area contributed by atoms with Gasteiger partial charge >= 0.3 is 0 Å². The lowest BCUT2D eigenvalue weighted by molar-refractivity contribution is -0.123. The minimum absolute atomic E-state index is 0.146. The van der Waals surface area contributed by atoms with Crippen LogP contribution in [0.15, 0.2) is 48.5 Å². The first-order valence-corrected chi connectivity index (χ1v) is 10.1. The maximum atomic E-state index is 12.3. The molecule has 0 radical (unpaired) electrons. The van der Waals surface area contributed by atoms with Gasteiger partial charge in [-0.25, -0.2) is 0 Å². The largest absolute Gasteiger partial charge is 0.497 e. The second-order valence-electron chi connectivity index (χ2n) is 5.83. The Morgan fingerprint density at radius 2 is 1.43 bits per heavy atom. The Labute approximate surface area is 194 Å². The van der Waals surface area contributed by atoms with Crippen LogP contribution in [0.3, 0.4) is 0 Å². The molecule has 0 unspecified atom stereocenters. The van der Waals surface area contributed by atoms with Crippen LogP contribution in [0.5, 0.6) is 17.2 Å². The van der Waals surface area contributed by atoms with Crippen LogP contribution in [0.2, 0.25) is 0 Å². The van der Waals surface area contributed by atoms with E-state index in [0.29, 0.717) is 22.9 Å². The molecule has 0 aliphatic carbocycles. The average Bonchev–Trinajstić information content (AvgIpc) is 2.72. The van der Waals surface area contributed by atoms with Crippen molar-refractivity contribution >= 4 is 63.7 Å². The molecule has 2 rings (SSSR count). The van der Waals surface area contributed by atoms with Gasteiger partial charge in [0.1, 0.15) is 23.4 Å². The van der Waals surface area contributed by atoms with E-state index in [1.165, 1.54) is 0 Å². The molecular weight excluding hydrogens is 473 g/mol. The topological polar surface area (TPSA) is 80.9 Å². The fraction of sp³-hybridized carbons (Fsp3) is 0.263. The normalized spacial score (nSPS) is 11.8. The number of halogens is 3. The highest BCUT2D eigenvalue weighted by Gasteiger charge is 2.34. The van der Waals surface area contributed by atoms with Crippen molar-refractivity contribution in [1.29, 1.82) is 0 Å². The zero-order valence-electron chi connectivity index (χ0n) is 16.1. The SMILES string of the molecule is COc1ccc(NC(=S)N[C@@H](NC(=O)COc2ccc(OC)cc2)C(Cl)(Cl)Cl)cc1. The summed E-state index contributed by atoms with van der Waals surface area (Å²) in [4.78, 5) is 12.3. The van der Waals surface area contributed by atoms with E-state index in [1.807, 2.05) is 0 Å². The van der Waals surface area contributed by atoms with Gasteiger partial charge in [-0.2, -0.15) is 0 Å². The molecule has 0 aliphatic heterocycles. The van der Waals surface area contributed by atoms with E-state index in [4.69, 9.17) is 61.2 Å². The molecule has 0 aliphatic rings. The lowest BCUT2D eigenvalue weighted by Crippen LogP contribution is -2.56. The highest BCUT2D eigenvalue weighted by Crippen LogP contribution is 2.29. The van der Waals surface area contributed by atoms with Crippen molar-refractivity contribution in [1.82, 2.24) is 10.6 Å². The highest BCUT2D eigenvalue weighted by atomic mass is 35.6. The fourth-order valence-corrected chi connectivity index (χ4v) is 2.76. The van der Waals surface area contributed by atoms with E-state index in [9.17, 15) is 4.79 Å². The number of methoxy groups -OCH3 is 2. The van der Waals surface area contributed by atoms with Crippen molar-refractivity contribution in [2.75, 3.05) is 26.1 Å². The van der Waals surface area contributed by atoms with Crippen LogP contribution in [0.4, 0.5) is 5.69 Å². The molecule has 2 aromatic rings. The van der Waals surface area contributed by atoms with Crippen molar-refractivity contribution < 1.29 is 19.0 Å². The zero-order chi connectivity index (χ0) is 22.1. The van der Waals surface area contributed by atoms with Gasteiger partial charge in [-0.3, -0.25) is 4.79 Å². The van der Waals surface area contributed by atoms with Crippen LogP contribution in [-0.2, 0) is 4.79 Å². The van der Waals surface area contributed by atoms with Gasteiger partial charge in [0.15, 0.2) is 11.7 Å². The smallest absolute Gasteiger partial charge is 0.259 e. The standard InChI is InChI=1S/C19H20Cl3N3O4S/c1-27-13-5-3-12(4-6-13)23-18(30)25-17(19(20,21)22)24-16(26)11-29-15-9-7-14(28-2)8-10-15/h3-10,17H,11H2,1-2H3,(H,24,26)(H2,23,25,30)/t17-/m1/s1. The Morgan fingerprint density at radius 3 is 1.93 bits per heavy atom. The molecule has 11 heteroatoms. The molecule has 162 valence electrons. The van der Waals surface area contributed by atoms with Gasteiger partial charge in [0.25, 0.3) is 5.91 Å². The van der Waals surface area contributed by atoms with Crippen molar-refractivity contribution in [2.24, 2.45) is 0 Å². The summed E-state index contributed by atoms with van der Waals surface area (Å²) < 4.78 is 13.7. The third kappa shape index (κ3) is 7.95. The quantitative estimate of drug-likeness (QED) is 0.293. The molecule has 1 amide bonds. The molecule has 1 atom stereocenters. The first-order valence-electron chi connectivity index (χ1n) is 8.56. The number of rotatable bonds is 8. The van der Waals surface area contributed by atoms with E-state index in [2.05, 4.69) is 16.0 Å². The summed E-state index contributed by atoms with van der Waals surface area (Å²) in [5, 5.41) is 8.39. The number of hydrogen-bond acceptors (Lipinski definition) is 5. The van der Waals surface area contributed by atoms with Crippen molar-refractivity contribution in [3.8, 4) is 17.2 Å². The van der Waals surface area contributed by atoms with E-state index in [0.717, 1.165) is 0 Å². The molecule has 0 heterocycles. The fourth-order valence-electron chi connectivity index (χ4n) is 2.20. The number of thiocarbonyl (C=S) groups is 1. The summed E-state index contributed by atoms with van der Waals surface area (Å²) >= 11 is 23.2. The van der Waals surface area contributed by atoms with Crippen LogP contribution in [0, 0.1) is 0 Å². The lowest BCUT2D eigenvalue weighted by atomic mass is 10.3. The second kappa shape index (κ2) is 11.3. The average molecular weight is 493 g/mol. The van der Waals surface area contributed by atoms with Crippen LogP contribution in [0.25, 0.3) is 0 Å². The summed E-state index contributed by atoms with van der Waals surface area (Å²) in [6.07, 6.45) is -1.10. The molecular formula is C19H20Cl3N3O4S. The monoisotopic (exact) mass is 491 g/mol. The van der Waals surface area contributed by atoms with E-state index in [1.54, 1.807) is 62.8 Å². The Hall–Kier alpha value is -2.13. The number of hydrogen-bond donors (Lipinski definition) is 3. The van der Waals surface area contributed by atoms with Gasteiger partial charge in [-0.1, -0.05) is 34.8 Å². The van der Waals surface area contributed by atoms with Gasteiger partial charge in [-0.15, -0.1) is 0 Å². The molecule has 0 saturated heterocycles. The maximum Gasteiger partial charge on any atom is 0.259 e. The number of anilines is 1. The number of benzene rings is 2. The number of nitrogens with one attached hydrogen (secondary N) is 3. The van der Waals surface area contributed by atoms with Crippen LogP contribution in [-0.4, -0.2) is 41.8 Å². The van der Waals surface area contributed by atoms with Gasteiger partial charge < -0.3 is 30.2 Å².